The Morgan fingerprint density at radius 3 is 2.64 bits per heavy atom. The van der Waals surface area contributed by atoms with Crippen molar-refractivity contribution >= 4 is 11.8 Å². The molecule has 2 aliphatic rings. The second-order valence-electron chi connectivity index (χ2n) is 6.68. The highest BCUT2D eigenvalue weighted by atomic mass is 16.2. The lowest BCUT2D eigenvalue weighted by Crippen LogP contribution is -2.35. The van der Waals surface area contributed by atoms with Crippen molar-refractivity contribution in [3.63, 3.8) is 0 Å². The third-order valence-electron chi connectivity index (χ3n) is 5.14. The molecule has 1 N–H and O–H groups in total. The minimum absolute atomic E-state index is 0.180. The zero-order valence-corrected chi connectivity index (χ0v) is 13.2. The Kier molecular flexibility index (Phi) is 4.19. The molecule has 1 aromatic carbocycles. The Hall–Kier alpha value is -1.84. The molecule has 0 aromatic heterocycles. The number of amides is 2. The lowest BCUT2D eigenvalue weighted by molar-refractivity contribution is -0.132. The molecule has 0 unspecified atom stereocenters. The number of rotatable bonds is 2. The molecule has 2 fully saturated rings. The van der Waals surface area contributed by atoms with Gasteiger partial charge in [-0.1, -0.05) is 29.8 Å². The van der Waals surface area contributed by atoms with Gasteiger partial charge in [0.25, 0.3) is 0 Å². The lowest BCUT2D eigenvalue weighted by atomic mass is 9.79. The van der Waals surface area contributed by atoms with Gasteiger partial charge in [-0.25, -0.2) is 0 Å². The van der Waals surface area contributed by atoms with Crippen LogP contribution >= 0.6 is 0 Å². The van der Waals surface area contributed by atoms with Gasteiger partial charge in [-0.3, -0.25) is 9.59 Å². The molecule has 0 aliphatic carbocycles. The molecule has 2 amide bonds. The number of benzene rings is 1. The summed E-state index contributed by atoms with van der Waals surface area (Å²) in [5.74, 6) is 0.375. The molecule has 1 spiro atoms. The minimum atomic E-state index is -0.209. The number of carbonyl (C=O) groups excluding carboxylic acids is 2. The molecule has 1 atom stereocenters. The van der Waals surface area contributed by atoms with Crippen molar-refractivity contribution in [1.82, 2.24) is 10.2 Å². The number of hydrogen-bond donors (Lipinski definition) is 1. The van der Waals surface area contributed by atoms with Crippen LogP contribution in [0.15, 0.2) is 24.3 Å². The Bertz CT molecular complexity index is 567. The van der Waals surface area contributed by atoms with E-state index < -0.39 is 0 Å². The van der Waals surface area contributed by atoms with E-state index in [0.29, 0.717) is 13.0 Å². The van der Waals surface area contributed by atoms with Gasteiger partial charge in [-0.2, -0.15) is 0 Å². The number of aryl methyl sites for hydroxylation is 1. The third kappa shape index (κ3) is 3.01. The van der Waals surface area contributed by atoms with Crippen molar-refractivity contribution in [2.75, 3.05) is 19.6 Å². The number of nitrogens with one attached hydrogen (secondary N) is 1. The van der Waals surface area contributed by atoms with E-state index in [1.165, 1.54) is 5.56 Å². The average Bonchev–Trinajstić information content (AvgIpc) is 2.73. The summed E-state index contributed by atoms with van der Waals surface area (Å²) in [5, 5.41) is 2.95. The van der Waals surface area contributed by atoms with E-state index in [1.807, 2.05) is 36.1 Å². The van der Waals surface area contributed by atoms with Gasteiger partial charge in [0.05, 0.1) is 11.8 Å². The van der Waals surface area contributed by atoms with Gasteiger partial charge in [0.1, 0.15) is 0 Å². The minimum Gasteiger partial charge on any atom is -0.356 e. The summed E-state index contributed by atoms with van der Waals surface area (Å²) in [5.41, 5.74) is 2.06. The quantitative estimate of drug-likeness (QED) is 0.909. The van der Waals surface area contributed by atoms with Crippen LogP contribution in [0.2, 0.25) is 0 Å². The maximum absolute atomic E-state index is 12.5. The van der Waals surface area contributed by atoms with Crippen LogP contribution in [0.1, 0.15) is 36.8 Å². The highest BCUT2D eigenvalue weighted by Gasteiger charge is 2.43. The largest absolute Gasteiger partial charge is 0.356 e. The predicted octanol–water partition coefficient (Wildman–Crippen LogP) is 2.06. The van der Waals surface area contributed by atoms with Gasteiger partial charge in [0.15, 0.2) is 0 Å². The van der Waals surface area contributed by atoms with Gasteiger partial charge in [-0.05, 0) is 38.2 Å². The standard InChI is InChI=1S/C18H24N2O2/c1-14-3-5-15(6-4-14)13-16(21)20-11-2-7-18(9-12-20)8-10-19-17(18)22/h3-6H,2,7-13H2,1H3,(H,19,22)/t18-/m0/s1. The first-order valence-corrected chi connectivity index (χ1v) is 8.21. The fourth-order valence-corrected chi connectivity index (χ4v) is 3.63. The summed E-state index contributed by atoms with van der Waals surface area (Å²) in [4.78, 5) is 26.5. The van der Waals surface area contributed by atoms with E-state index >= 15 is 0 Å². The second kappa shape index (κ2) is 6.11. The normalized spacial score (nSPS) is 25.1. The first-order chi connectivity index (χ1) is 10.6. The van der Waals surface area contributed by atoms with E-state index in [2.05, 4.69) is 5.32 Å². The number of likely N-dealkylation sites (tertiary alicyclic amines) is 1. The summed E-state index contributed by atoms with van der Waals surface area (Å²) in [6, 6.07) is 8.14. The Labute approximate surface area is 131 Å². The lowest BCUT2D eigenvalue weighted by Gasteiger charge is -2.24. The SMILES string of the molecule is Cc1ccc(CC(=O)N2CCC[C@]3(CCNC3=O)CC2)cc1. The van der Waals surface area contributed by atoms with E-state index in [4.69, 9.17) is 0 Å². The predicted molar refractivity (Wildman–Crippen MR) is 85.4 cm³/mol. The number of hydrogen-bond acceptors (Lipinski definition) is 2. The molecule has 4 heteroatoms. The topological polar surface area (TPSA) is 49.4 Å². The molecule has 22 heavy (non-hydrogen) atoms. The molecule has 2 saturated heterocycles. The van der Waals surface area contributed by atoms with Crippen LogP contribution < -0.4 is 5.32 Å². The fourth-order valence-electron chi connectivity index (χ4n) is 3.63. The average molecular weight is 300 g/mol. The van der Waals surface area contributed by atoms with Crippen molar-refractivity contribution in [3.05, 3.63) is 35.4 Å². The first kappa shape index (κ1) is 15.1. The van der Waals surface area contributed by atoms with E-state index in [-0.39, 0.29) is 17.2 Å². The molecule has 3 rings (SSSR count). The molecule has 2 heterocycles. The smallest absolute Gasteiger partial charge is 0.226 e. The molecule has 1 aromatic rings. The first-order valence-electron chi connectivity index (χ1n) is 8.21. The second-order valence-corrected chi connectivity index (χ2v) is 6.68. The van der Waals surface area contributed by atoms with E-state index in [1.54, 1.807) is 0 Å². The Morgan fingerprint density at radius 2 is 1.95 bits per heavy atom. The van der Waals surface area contributed by atoms with Gasteiger partial charge in [0.2, 0.25) is 11.8 Å². The molecule has 0 radical (unpaired) electrons. The van der Waals surface area contributed by atoms with Crippen LogP contribution in [0, 0.1) is 12.3 Å². The summed E-state index contributed by atoms with van der Waals surface area (Å²) in [6.07, 6.45) is 4.02. The summed E-state index contributed by atoms with van der Waals surface area (Å²) >= 11 is 0. The highest BCUT2D eigenvalue weighted by Crippen LogP contribution is 2.38. The Balaban J connectivity index is 1.62. The van der Waals surface area contributed by atoms with Crippen LogP contribution in [0.4, 0.5) is 0 Å². The van der Waals surface area contributed by atoms with Gasteiger partial charge >= 0.3 is 0 Å². The zero-order valence-electron chi connectivity index (χ0n) is 13.2. The third-order valence-corrected chi connectivity index (χ3v) is 5.14. The highest BCUT2D eigenvalue weighted by molar-refractivity contribution is 5.85. The molecular weight excluding hydrogens is 276 g/mol. The van der Waals surface area contributed by atoms with Crippen molar-refractivity contribution < 1.29 is 9.59 Å². The molecule has 2 aliphatic heterocycles. The zero-order chi connectivity index (χ0) is 15.6. The molecule has 0 bridgehead atoms. The fraction of sp³-hybridized carbons (Fsp3) is 0.556. The number of carbonyl (C=O) groups is 2. The molecular formula is C18H24N2O2. The number of nitrogens with zero attached hydrogens (tertiary/aromatic N) is 1. The molecule has 4 nitrogen and oxygen atoms in total. The van der Waals surface area contributed by atoms with E-state index in [9.17, 15) is 9.59 Å². The van der Waals surface area contributed by atoms with Gasteiger partial charge < -0.3 is 10.2 Å². The molecule has 0 saturated carbocycles. The van der Waals surface area contributed by atoms with Crippen LogP contribution in [-0.2, 0) is 16.0 Å². The van der Waals surface area contributed by atoms with Crippen molar-refractivity contribution in [2.24, 2.45) is 5.41 Å². The Morgan fingerprint density at radius 1 is 1.18 bits per heavy atom. The van der Waals surface area contributed by atoms with Crippen LogP contribution in [0.5, 0.6) is 0 Å². The van der Waals surface area contributed by atoms with Crippen LogP contribution in [0.3, 0.4) is 0 Å². The summed E-state index contributed by atoms with van der Waals surface area (Å²) in [6.45, 7) is 4.32. The van der Waals surface area contributed by atoms with Crippen molar-refractivity contribution in [1.29, 1.82) is 0 Å². The van der Waals surface area contributed by atoms with Gasteiger partial charge in [0, 0.05) is 19.6 Å². The van der Waals surface area contributed by atoms with E-state index in [0.717, 1.165) is 44.3 Å². The monoisotopic (exact) mass is 300 g/mol. The van der Waals surface area contributed by atoms with Crippen LogP contribution in [0.25, 0.3) is 0 Å². The summed E-state index contributed by atoms with van der Waals surface area (Å²) in [7, 11) is 0. The van der Waals surface area contributed by atoms with Crippen molar-refractivity contribution in [2.45, 2.75) is 39.0 Å². The maximum atomic E-state index is 12.5. The summed E-state index contributed by atoms with van der Waals surface area (Å²) < 4.78 is 0. The van der Waals surface area contributed by atoms with Crippen molar-refractivity contribution in [3.8, 4) is 0 Å². The maximum Gasteiger partial charge on any atom is 0.226 e. The van der Waals surface area contributed by atoms with Gasteiger partial charge in [-0.15, -0.1) is 0 Å². The van der Waals surface area contributed by atoms with Crippen LogP contribution in [-0.4, -0.2) is 36.3 Å². The molecule has 118 valence electrons.